The lowest BCUT2D eigenvalue weighted by molar-refractivity contribution is 0.375. The quantitative estimate of drug-likeness (QED) is 0.244. The second-order valence-electron chi connectivity index (χ2n) is 7.62. The van der Waals surface area contributed by atoms with Gasteiger partial charge in [0.2, 0.25) is 0 Å². The van der Waals surface area contributed by atoms with Crippen LogP contribution in [0.25, 0.3) is 5.76 Å². The van der Waals surface area contributed by atoms with Crippen LogP contribution in [0.15, 0.2) is 109 Å². The van der Waals surface area contributed by atoms with Crippen molar-refractivity contribution in [1.82, 2.24) is 0 Å². The van der Waals surface area contributed by atoms with Crippen LogP contribution in [-0.4, -0.2) is 0 Å². The number of hydrogen-bond donors (Lipinski definition) is 0. The van der Waals surface area contributed by atoms with Gasteiger partial charge in [0.1, 0.15) is 28.7 Å². The molecular formula is C27H19Cl2O4P. The molecule has 0 fully saturated rings. The second-order valence-corrected chi connectivity index (χ2v) is 10.5. The molecule has 1 aliphatic heterocycles. The maximum absolute atomic E-state index is 14.6. The van der Waals surface area contributed by atoms with E-state index in [0.29, 0.717) is 38.6 Å². The molecule has 0 N–H and O–H groups in total. The van der Waals surface area contributed by atoms with Crippen molar-refractivity contribution in [2.75, 3.05) is 0 Å². The zero-order valence-corrected chi connectivity index (χ0v) is 20.2. The van der Waals surface area contributed by atoms with E-state index in [9.17, 15) is 4.57 Å². The van der Waals surface area contributed by atoms with Gasteiger partial charge >= 0.3 is 7.60 Å². The number of benzene rings is 4. The van der Waals surface area contributed by atoms with E-state index < -0.39 is 13.3 Å². The smallest absolute Gasteiger partial charge is 0.442 e. The SMILES string of the molecule is O=P(Oc1cccc(Cl)c1)(Oc1cccc(Cl)c1)C1C=C(c2ccccc2)Oc2ccccc21. The Bertz CT molecular complexity index is 1350. The predicted molar refractivity (Wildman–Crippen MR) is 136 cm³/mol. The summed E-state index contributed by atoms with van der Waals surface area (Å²) in [5.74, 6) is 1.81. The third-order valence-electron chi connectivity index (χ3n) is 5.22. The summed E-state index contributed by atoms with van der Waals surface area (Å²) in [4.78, 5) is 0. The molecule has 0 saturated carbocycles. The molecule has 0 aromatic heterocycles. The molecule has 4 aromatic rings. The summed E-state index contributed by atoms with van der Waals surface area (Å²) in [6.45, 7) is 0. The molecular weight excluding hydrogens is 490 g/mol. The first kappa shape index (κ1) is 22.6. The molecule has 1 unspecified atom stereocenters. The molecule has 0 aliphatic carbocycles. The minimum absolute atomic E-state index is 0.330. The van der Waals surface area contributed by atoms with E-state index in [0.717, 1.165) is 5.56 Å². The fraction of sp³-hybridized carbons (Fsp3) is 0.0370. The molecule has 4 nitrogen and oxygen atoms in total. The average molecular weight is 509 g/mol. The fourth-order valence-electron chi connectivity index (χ4n) is 3.70. The summed E-state index contributed by atoms with van der Waals surface area (Å²) in [6, 6.07) is 30.5. The van der Waals surface area contributed by atoms with Crippen molar-refractivity contribution in [1.29, 1.82) is 0 Å². The van der Waals surface area contributed by atoms with Crippen molar-refractivity contribution >= 4 is 36.6 Å². The lowest BCUT2D eigenvalue weighted by atomic mass is 10.0. The molecule has 0 saturated heterocycles. The van der Waals surface area contributed by atoms with Crippen molar-refractivity contribution in [3.05, 3.63) is 130 Å². The Morgan fingerprint density at radius 3 is 1.91 bits per heavy atom. The van der Waals surface area contributed by atoms with E-state index in [2.05, 4.69) is 0 Å². The average Bonchev–Trinajstić information content (AvgIpc) is 2.84. The summed E-state index contributed by atoms with van der Waals surface area (Å²) >= 11 is 12.3. The van der Waals surface area contributed by atoms with Crippen molar-refractivity contribution in [2.24, 2.45) is 0 Å². The molecule has 170 valence electrons. The monoisotopic (exact) mass is 508 g/mol. The first-order valence-corrected chi connectivity index (χ1v) is 12.9. The summed E-state index contributed by atoms with van der Waals surface area (Å²) in [6.07, 6.45) is 1.79. The maximum Gasteiger partial charge on any atom is 0.442 e. The van der Waals surface area contributed by atoms with Crippen LogP contribution in [0.1, 0.15) is 16.8 Å². The first-order valence-electron chi connectivity index (χ1n) is 10.5. The predicted octanol–water partition coefficient (Wildman–Crippen LogP) is 8.82. The van der Waals surface area contributed by atoms with Crippen molar-refractivity contribution in [2.45, 2.75) is 5.66 Å². The van der Waals surface area contributed by atoms with Gasteiger partial charge in [0.05, 0.1) is 0 Å². The van der Waals surface area contributed by atoms with Gasteiger partial charge in [0, 0.05) is 21.2 Å². The van der Waals surface area contributed by atoms with E-state index in [1.807, 2.05) is 54.6 Å². The molecule has 1 atom stereocenters. The Kier molecular flexibility index (Phi) is 6.38. The third-order valence-corrected chi connectivity index (χ3v) is 7.73. The number of hydrogen-bond acceptors (Lipinski definition) is 4. The standard InChI is InChI=1S/C27H19Cl2O4P/c28-20-10-6-12-22(16-20)32-34(30,33-23-13-7-11-21(29)17-23)27-18-26(19-8-2-1-3-9-19)31-25-15-5-4-14-24(25)27/h1-18,27H. The van der Waals surface area contributed by atoms with Gasteiger partial charge in [-0.2, -0.15) is 0 Å². The number of halogens is 2. The molecule has 7 heteroatoms. The maximum atomic E-state index is 14.6. The lowest BCUT2D eigenvalue weighted by Gasteiger charge is -2.30. The summed E-state index contributed by atoms with van der Waals surface area (Å²) in [5.41, 5.74) is 0.777. The summed E-state index contributed by atoms with van der Waals surface area (Å²) in [7, 11) is -3.94. The van der Waals surface area contributed by atoms with E-state index in [4.69, 9.17) is 37.0 Å². The molecule has 5 rings (SSSR count). The van der Waals surface area contributed by atoms with E-state index in [1.165, 1.54) is 0 Å². The normalized spacial score (nSPS) is 15.0. The van der Waals surface area contributed by atoms with Gasteiger partial charge in [-0.1, -0.05) is 83.9 Å². The van der Waals surface area contributed by atoms with Gasteiger partial charge < -0.3 is 13.8 Å². The topological polar surface area (TPSA) is 44.8 Å². The van der Waals surface area contributed by atoms with Crippen LogP contribution in [-0.2, 0) is 4.57 Å². The van der Waals surface area contributed by atoms with Gasteiger partial charge in [-0.05, 0) is 48.5 Å². The molecule has 1 heterocycles. The van der Waals surface area contributed by atoms with Crippen LogP contribution in [0.2, 0.25) is 10.0 Å². The van der Waals surface area contributed by atoms with Crippen LogP contribution in [0.3, 0.4) is 0 Å². The highest BCUT2D eigenvalue weighted by Crippen LogP contribution is 2.64. The van der Waals surface area contributed by atoms with E-state index in [1.54, 1.807) is 54.6 Å². The molecule has 0 bridgehead atoms. The Balaban J connectivity index is 1.65. The molecule has 0 radical (unpaired) electrons. The minimum Gasteiger partial charge on any atom is -0.457 e. The largest absolute Gasteiger partial charge is 0.457 e. The summed E-state index contributed by atoms with van der Waals surface area (Å²) < 4.78 is 33.0. The van der Waals surface area contributed by atoms with Crippen LogP contribution >= 0.6 is 30.8 Å². The van der Waals surface area contributed by atoms with E-state index in [-0.39, 0.29) is 0 Å². The molecule has 0 amide bonds. The number of rotatable bonds is 6. The van der Waals surface area contributed by atoms with Crippen LogP contribution < -0.4 is 13.8 Å². The van der Waals surface area contributed by atoms with Crippen LogP contribution in [0, 0.1) is 0 Å². The Morgan fingerprint density at radius 1 is 0.706 bits per heavy atom. The third kappa shape index (κ3) is 4.85. The number of para-hydroxylation sites is 1. The minimum atomic E-state index is -3.94. The van der Waals surface area contributed by atoms with Crippen molar-refractivity contribution < 1.29 is 18.3 Å². The fourth-order valence-corrected chi connectivity index (χ4v) is 6.01. The Hall–Kier alpha value is -3.17. The number of ether oxygens (including phenoxy) is 1. The number of allylic oxidation sites excluding steroid dienone is 1. The van der Waals surface area contributed by atoms with E-state index >= 15 is 0 Å². The van der Waals surface area contributed by atoms with Gasteiger partial charge in [-0.15, -0.1) is 0 Å². The first-order chi connectivity index (χ1) is 16.5. The molecule has 0 spiro atoms. The molecule has 4 aromatic carbocycles. The Labute approximate surface area is 207 Å². The van der Waals surface area contributed by atoms with Crippen molar-refractivity contribution in [3.8, 4) is 17.2 Å². The number of fused-ring (bicyclic) bond motifs is 1. The van der Waals surface area contributed by atoms with Gasteiger partial charge in [-0.25, -0.2) is 4.57 Å². The Morgan fingerprint density at radius 2 is 1.29 bits per heavy atom. The summed E-state index contributed by atoms with van der Waals surface area (Å²) in [5, 5.41) is 0.916. The highest BCUT2D eigenvalue weighted by molar-refractivity contribution is 7.55. The van der Waals surface area contributed by atoms with Gasteiger partial charge in [0.15, 0.2) is 0 Å². The molecule has 1 aliphatic rings. The molecule has 34 heavy (non-hydrogen) atoms. The highest BCUT2D eigenvalue weighted by atomic mass is 35.5. The van der Waals surface area contributed by atoms with Gasteiger partial charge in [0.25, 0.3) is 0 Å². The lowest BCUT2D eigenvalue weighted by Crippen LogP contribution is -2.15. The highest BCUT2D eigenvalue weighted by Gasteiger charge is 2.43. The van der Waals surface area contributed by atoms with Crippen molar-refractivity contribution in [3.63, 3.8) is 0 Å². The van der Waals surface area contributed by atoms with Crippen LogP contribution in [0.4, 0.5) is 0 Å². The zero-order chi connectivity index (χ0) is 23.5. The zero-order valence-electron chi connectivity index (χ0n) is 17.8. The van der Waals surface area contributed by atoms with Crippen LogP contribution in [0.5, 0.6) is 17.2 Å². The second kappa shape index (κ2) is 9.60. The van der Waals surface area contributed by atoms with Gasteiger partial charge in [-0.3, -0.25) is 0 Å².